The Balaban J connectivity index is 2.42. The first-order valence-electron chi connectivity index (χ1n) is 7.48. The van der Waals surface area contributed by atoms with Crippen molar-refractivity contribution in [2.24, 2.45) is 11.8 Å². The van der Waals surface area contributed by atoms with Crippen LogP contribution >= 0.6 is 11.8 Å². The molecule has 102 valence electrons. The summed E-state index contributed by atoms with van der Waals surface area (Å²) in [7, 11) is 0. The van der Waals surface area contributed by atoms with Crippen molar-refractivity contribution in [1.82, 2.24) is 5.32 Å². The van der Waals surface area contributed by atoms with E-state index in [1.165, 1.54) is 44.4 Å². The van der Waals surface area contributed by atoms with Gasteiger partial charge in [0.25, 0.3) is 0 Å². The largest absolute Gasteiger partial charge is 0.313 e. The molecule has 0 radical (unpaired) electrons. The van der Waals surface area contributed by atoms with Crippen molar-refractivity contribution in [1.29, 1.82) is 0 Å². The molecule has 0 heterocycles. The highest BCUT2D eigenvalue weighted by Crippen LogP contribution is 2.32. The van der Waals surface area contributed by atoms with E-state index in [1.54, 1.807) is 0 Å². The van der Waals surface area contributed by atoms with E-state index in [1.807, 2.05) is 0 Å². The zero-order valence-electron chi connectivity index (χ0n) is 12.2. The van der Waals surface area contributed by atoms with E-state index in [-0.39, 0.29) is 0 Å². The van der Waals surface area contributed by atoms with Gasteiger partial charge in [0.1, 0.15) is 0 Å². The minimum atomic E-state index is 0.755. The zero-order chi connectivity index (χ0) is 12.7. The summed E-state index contributed by atoms with van der Waals surface area (Å²) in [4.78, 5) is 0. The van der Waals surface area contributed by atoms with Crippen molar-refractivity contribution < 1.29 is 0 Å². The Bertz CT molecular complexity index is 193. The molecule has 0 spiro atoms. The summed E-state index contributed by atoms with van der Waals surface area (Å²) in [6.07, 6.45) is 7.05. The third-order valence-corrected chi connectivity index (χ3v) is 5.03. The maximum absolute atomic E-state index is 3.79. The minimum Gasteiger partial charge on any atom is -0.313 e. The third-order valence-electron chi connectivity index (χ3n) is 3.81. The van der Waals surface area contributed by atoms with Crippen molar-refractivity contribution in [3.05, 3.63) is 0 Å². The number of hydrogen-bond acceptors (Lipinski definition) is 2. The lowest BCUT2D eigenvalue weighted by Crippen LogP contribution is -2.41. The molecule has 1 N–H and O–H groups in total. The number of rotatable bonds is 7. The average Bonchev–Trinajstić information content (AvgIpc) is 2.29. The molecule has 3 atom stereocenters. The number of thioether (sulfide) groups is 1. The fourth-order valence-corrected chi connectivity index (χ4v) is 3.82. The van der Waals surface area contributed by atoms with E-state index < -0.39 is 0 Å². The molecule has 2 heteroatoms. The van der Waals surface area contributed by atoms with E-state index in [4.69, 9.17) is 0 Å². The van der Waals surface area contributed by atoms with Gasteiger partial charge in [0.2, 0.25) is 0 Å². The molecule has 3 unspecified atom stereocenters. The summed E-state index contributed by atoms with van der Waals surface area (Å²) in [5.41, 5.74) is 0. The van der Waals surface area contributed by atoms with E-state index in [9.17, 15) is 0 Å². The van der Waals surface area contributed by atoms with Crippen LogP contribution in [-0.2, 0) is 0 Å². The molecule has 0 amide bonds. The Labute approximate surface area is 113 Å². The van der Waals surface area contributed by atoms with E-state index >= 15 is 0 Å². The predicted octanol–water partition coefficient (Wildman–Crippen LogP) is 4.32. The molecule has 1 rings (SSSR count). The molecular weight excluding hydrogens is 226 g/mol. The lowest BCUT2D eigenvalue weighted by atomic mass is 9.79. The summed E-state index contributed by atoms with van der Waals surface area (Å²) in [6, 6.07) is 0.755. The Morgan fingerprint density at radius 2 is 2.06 bits per heavy atom. The summed E-state index contributed by atoms with van der Waals surface area (Å²) >= 11 is 2.12. The van der Waals surface area contributed by atoms with Gasteiger partial charge in [-0.2, -0.15) is 11.8 Å². The van der Waals surface area contributed by atoms with Crippen LogP contribution in [0.15, 0.2) is 0 Å². The topological polar surface area (TPSA) is 12.0 Å². The maximum Gasteiger partial charge on any atom is 0.0186 e. The standard InChI is InChI=1S/C15H31NS/c1-5-9-16-15(11-17-12(2)3)14-8-6-7-13(4)10-14/h12-16H,5-11H2,1-4H3. The fourth-order valence-electron chi connectivity index (χ4n) is 2.83. The van der Waals surface area contributed by atoms with Crippen molar-refractivity contribution >= 4 is 11.8 Å². The maximum atomic E-state index is 3.79. The molecule has 1 aliphatic carbocycles. The van der Waals surface area contributed by atoms with Crippen LogP contribution in [0.4, 0.5) is 0 Å². The van der Waals surface area contributed by atoms with Crippen LogP contribution in [0, 0.1) is 11.8 Å². The second-order valence-corrected chi connectivity index (χ2v) is 7.58. The molecular formula is C15H31NS. The predicted molar refractivity (Wildman–Crippen MR) is 80.8 cm³/mol. The summed E-state index contributed by atoms with van der Waals surface area (Å²) in [5, 5.41) is 4.56. The second kappa shape index (κ2) is 8.42. The minimum absolute atomic E-state index is 0.755. The van der Waals surface area contributed by atoms with Gasteiger partial charge in [-0.25, -0.2) is 0 Å². The van der Waals surface area contributed by atoms with E-state index in [0.717, 1.165) is 23.1 Å². The second-order valence-electron chi connectivity index (χ2n) is 5.97. The summed E-state index contributed by atoms with van der Waals surface area (Å²) in [5.74, 6) is 3.18. The Kier molecular flexibility index (Phi) is 7.61. The van der Waals surface area contributed by atoms with Gasteiger partial charge in [0.05, 0.1) is 0 Å². The van der Waals surface area contributed by atoms with Crippen LogP contribution in [0.2, 0.25) is 0 Å². The molecule has 1 saturated carbocycles. The van der Waals surface area contributed by atoms with Crippen LogP contribution < -0.4 is 5.32 Å². The van der Waals surface area contributed by atoms with E-state index in [0.29, 0.717) is 0 Å². The van der Waals surface area contributed by atoms with Crippen molar-refractivity contribution in [2.75, 3.05) is 12.3 Å². The quantitative estimate of drug-likeness (QED) is 0.729. The average molecular weight is 257 g/mol. The normalized spacial score (nSPS) is 27.4. The first kappa shape index (κ1) is 15.4. The SMILES string of the molecule is CCCNC(CSC(C)C)C1CCCC(C)C1. The fraction of sp³-hybridized carbons (Fsp3) is 1.00. The first-order valence-corrected chi connectivity index (χ1v) is 8.53. The van der Waals surface area contributed by atoms with Crippen LogP contribution in [0.5, 0.6) is 0 Å². The van der Waals surface area contributed by atoms with Gasteiger partial charge in [-0.05, 0) is 42.9 Å². The molecule has 0 bridgehead atoms. The highest BCUT2D eigenvalue weighted by Gasteiger charge is 2.26. The summed E-state index contributed by atoms with van der Waals surface area (Å²) < 4.78 is 0. The van der Waals surface area contributed by atoms with Crippen molar-refractivity contribution in [3.63, 3.8) is 0 Å². The van der Waals surface area contributed by atoms with Gasteiger partial charge in [-0.3, -0.25) is 0 Å². The lowest BCUT2D eigenvalue weighted by Gasteiger charge is -2.34. The number of hydrogen-bond donors (Lipinski definition) is 1. The highest BCUT2D eigenvalue weighted by atomic mass is 32.2. The van der Waals surface area contributed by atoms with Crippen LogP contribution in [-0.4, -0.2) is 23.6 Å². The van der Waals surface area contributed by atoms with Gasteiger partial charge in [-0.15, -0.1) is 0 Å². The third kappa shape index (κ3) is 6.15. The smallest absolute Gasteiger partial charge is 0.0186 e. The Morgan fingerprint density at radius 1 is 1.29 bits per heavy atom. The lowest BCUT2D eigenvalue weighted by molar-refractivity contribution is 0.234. The van der Waals surface area contributed by atoms with Gasteiger partial charge >= 0.3 is 0 Å². The molecule has 1 aliphatic rings. The molecule has 0 saturated heterocycles. The van der Waals surface area contributed by atoms with Crippen LogP contribution in [0.25, 0.3) is 0 Å². The Morgan fingerprint density at radius 3 is 2.65 bits per heavy atom. The van der Waals surface area contributed by atoms with Gasteiger partial charge in [-0.1, -0.05) is 40.5 Å². The van der Waals surface area contributed by atoms with Crippen LogP contribution in [0.3, 0.4) is 0 Å². The zero-order valence-corrected chi connectivity index (χ0v) is 13.0. The van der Waals surface area contributed by atoms with Crippen LogP contribution in [0.1, 0.15) is 59.8 Å². The molecule has 0 aromatic carbocycles. The van der Waals surface area contributed by atoms with Crippen molar-refractivity contribution in [3.8, 4) is 0 Å². The monoisotopic (exact) mass is 257 g/mol. The van der Waals surface area contributed by atoms with Gasteiger partial charge < -0.3 is 5.32 Å². The Hall–Kier alpha value is 0.310. The number of nitrogens with one attached hydrogen (secondary N) is 1. The van der Waals surface area contributed by atoms with Gasteiger partial charge in [0, 0.05) is 11.8 Å². The van der Waals surface area contributed by atoms with Crippen molar-refractivity contribution in [2.45, 2.75) is 71.1 Å². The summed E-state index contributed by atoms with van der Waals surface area (Å²) in [6.45, 7) is 10.5. The van der Waals surface area contributed by atoms with E-state index in [2.05, 4.69) is 44.8 Å². The highest BCUT2D eigenvalue weighted by molar-refractivity contribution is 7.99. The molecule has 17 heavy (non-hydrogen) atoms. The molecule has 0 aliphatic heterocycles. The van der Waals surface area contributed by atoms with Gasteiger partial charge in [0.15, 0.2) is 0 Å². The molecule has 0 aromatic heterocycles. The first-order chi connectivity index (χ1) is 8.13. The molecule has 0 aromatic rings. The molecule has 1 nitrogen and oxygen atoms in total. The molecule has 1 fully saturated rings.